The summed E-state index contributed by atoms with van der Waals surface area (Å²) in [6.07, 6.45) is -4.52. The van der Waals surface area contributed by atoms with Crippen molar-refractivity contribution >= 4 is 34.3 Å². The van der Waals surface area contributed by atoms with E-state index in [-0.39, 0.29) is 39.9 Å². The van der Waals surface area contributed by atoms with Gasteiger partial charge in [0.15, 0.2) is 11.6 Å². The van der Waals surface area contributed by atoms with Crippen molar-refractivity contribution in [1.82, 2.24) is 29.6 Å². The molecule has 0 saturated carbocycles. The summed E-state index contributed by atoms with van der Waals surface area (Å²) in [5, 5.41) is 13.1. The number of hydrogen-bond acceptors (Lipinski definition) is 8. The van der Waals surface area contributed by atoms with Crippen LogP contribution in [0.25, 0.3) is 17.0 Å². The van der Waals surface area contributed by atoms with Gasteiger partial charge >= 0.3 is 6.18 Å². The molecule has 2 N–H and O–H groups in total. The Morgan fingerprint density at radius 3 is 2.23 bits per heavy atom. The molecule has 10 nitrogen and oxygen atoms in total. The van der Waals surface area contributed by atoms with Crippen molar-refractivity contribution in [2.75, 3.05) is 10.6 Å². The van der Waals surface area contributed by atoms with E-state index in [9.17, 15) is 18.0 Å². The summed E-state index contributed by atoms with van der Waals surface area (Å²) in [5.74, 6) is 0.0815. The zero-order valence-corrected chi connectivity index (χ0v) is 18.3. The molecule has 0 bridgehead atoms. The van der Waals surface area contributed by atoms with E-state index in [0.717, 1.165) is 12.1 Å². The van der Waals surface area contributed by atoms with Crippen LogP contribution in [0.1, 0.15) is 11.3 Å². The summed E-state index contributed by atoms with van der Waals surface area (Å²) in [5.41, 5.74) is 0.452. The van der Waals surface area contributed by atoms with Crippen LogP contribution in [0.15, 0.2) is 64.0 Å². The summed E-state index contributed by atoms with van der Waals surface area (Å²) >= 11 is 0. The molecule has 178 valence electrons. The predicted octanol–water partition coefficient (Wildman–Crippen LogP) is 4.32. The Balaban J connectivity index is 1.58. The molecule has 0 atom stereocenters. The molecule has 0 aliphatic rings. The van der Waals surface area contributed by atoms with Gasteiger partial charge in [0.25, 0.3) is 5.56 Å². The van der Waals surface area contributed by atoms with Crippen LogP contribution in [-0.4, -0.2) is 29.6 Å². The monoisotopic (exact) mass is 482 g/mol. The summed E-state index contributed by atoms with van der Waals surface area (Å²) < 4.78 is 47.3. The fraction of sp³-hybridized carbons (Fsp3) is 0.136. The van der Waals surface area contributed by atoms with Crippen LogP contribution in [-0.2, 0) is 13.2 Å². The van der Waals surface area contributed by atoms with E-state index in [1.54, 1.807) is 30.8 Å². The molecule has 0 saturated heterocycles. The van der Waals surface area contributed by atoms with E-state index in [2.05, 4.69) is 35.5 Å². The van der Waals surface area contributed by atoms with Gasteiger partial charge < -0.3 is 10.6 Å². The number of alkyl halides is 3. The number of benzene rings is 2. The molecule has 0 unspecified atom stereocenters. The first-order chi connectivity index (χ1) is 16.7. The number of nitrogens with zero attached hydrogens (tertiary/aromatic N) is 6. The largest absolute Gasteiger partial charge is 0.416 e. The zero-order chi connectivity index (χ0) is 24.7. The molecular weight excluding hydrogens is 465 g/mol. The maximum Gasteiger partial charge on any atom is 0.416 e. The van der Waals surface area contributed by atoms with Gasteiger partial charge in [-0.15, -0.1) is 0 Å². The molecule has 0 spiro atoms. The fourth-order valence-electron chi connectivity index (χ4n) is 3.55. The first-order valence-electron chi connectivity index (χ1n) is 10.3. The maximum absolute atomic E-state index is 13.3. The van der Waals surface area contributed by atoms with E-state index in [4.69, 9.17) is 0 Å². The third kappa shape index (κ3) is 4.07. The third-order valence-corrected chi connectivity index (χ3v) is 5.36. The highest BCUT2D eigenvalue weighted by atomic mass is 19.4. The first-order valence-corrected chi connectivity index (χ1v) is 10.3. The van der Waals surface area contributed by atoms with Crippen molar-refractivity contribution in [3.8, 4) is 5.69 Å². The average Bonchev–Trinajstić information content (AvgIpc) is 3.37. The second-order valence-electron chi connectivity index (χ2n) is 7.60. The Bertz CT molecular complexity index is 1590. The lowest BCUT2D eigenvalue weighted by Crippen LogP contribution is -2.20. The van der Waals surface area contributed by atoms with Crippen LogP contribution in [0.5, 0.6) is 0 Å². The minimum atomic E-state index is -4.52. The van der Waals surface area contributed by atoms with Crippen molar-refractivity contribution in [1.29, 1.82) is 0 Å². The van der Waals surface area contributed by atoms with Crippen molar-refractivity contribution in [2.24, 2.45) is 7.05 Å². The highest BCUT2D eigenvalue weighted by Gasteiger charge is 2.30. The fourth-order valence-corrected chi connectivity index (χ4v) is 3.55. The minimum absolute atomic E-state index is 0.0291. The number of hydrogen-bond donors (Lipinski definition) is 2. The van der Waals surface area contributed by atoms with Crippen LogP contribution < -0.4 is 16.2 Å². The molecule has 0 fully saturated rings. The Labute approximate surface area is 195 Å². The van der Waals surface area contributed by atoms with Gasteiger partial charge in [-0.2, -0.15) is 13.2 Å². The highest BCUT2D eigenvalue weighted by Crippen LogP contribution is 2.33. The second kappa shape index (κ2) is 8.27. The van der Waals surface area contributed by atoms with E-state index >= 15 is 0 Å². The van der Waals surface area contributed by atoms with E-state index in [0.29, 0.717) is 11.4 Å². The Hall–Kier alpha value is -4.68. The quantitative estimate of drug-likeness (QED) is 0.381. The van der Waals surface area contributed by atoms with Crippen molar-refractivity contribution in [3.63, 3.8) is 0 Å². The normalized spacial score (nSPS) is 11.7. The van der Waals surface area contributed by atoms with Gasteiger partial charge in [-0.05, 0) is 47.6 Å². The molecule has 3 aromatic heterocycles. The van der Waals surface area contributed by atoms with Crippen LogP contribution in [0.3, 0.4) is 0 Å². The number of halogens is 3. The average molecular weight is 482 g/mol. The molecule has 0 aliphatic carbocycles. The molecule has 35 heavy (non-hydrogen) atoms. The lowest BCUT2D eigenvalue weighted by molar-refractivity contribution is -0.137. The minimum Gasteiger partial charge on any atom is -0.337 e. The van der Waals surface area contributed by atoms with Crippen LogP contribution in [0.4, 0.5) is 36.2 Å². The maximum atomic E-state index is 13.3. The number of anilines is 4. The van der Waals surface area contributed by atoms with E-state index in [1.165, 1.54) is 16.8 Å². The summed E-state index contributed by atoms with van der Waals surface area (Å²) in [6.45, 7) is 1.74. The van der Waals surface area contributed by atoms with Crippen LogP contribution in [0, 0.1) is 6.92 Å². The van der Waals surface area contributed by atoms with Gasteiger partial charge in [0, 0.05) is 12.7 Å². The lowest BCUT2D eigenvalue weighted by Gasteiger charge is -2.13. The molecule has 13 heteroatoms. The summed E-state index contributed by atoms with van der Waals surface area (Å²) in [6, 6.07) is 13.6. The lowest BCUT2D eigenvalue weighted by atomic mass is 10.2. The molecular formula is C22H17F3N8O2. The standard InChI is InChI=1S/C22H17F3N8O2/c1-12-16(21(34)33(32(12)2)15-9-4-3-5-10-15)27-18-17(28-19-20(29-18)31-35-30-19)26-14-8-6-7-13(11-14)22(23,24)25/h3-11H,1-2H3,(H,26,28,30)(H,27,29,31). The van der Waals surface area contributed by atoms with Gasteiger partial charge in [0.1, 0.15) is 5.69 Å². The zero-order valence-electron chi connectivity index (χ0n) is 18.3. The number of rotatable bonds is 5. The van der Waals surface area contributed by atoms with Gasteiger partial charge in [-0.1, -0.05) is 24.3 Å². The molecule has 2 aromatic carbocycles. The smallest absolute Gasteiger partial charge is 0.337 e. The SMILES string of the molecule is Cc1c(Nc2nc3nonc3nc2Nc2cccc(C(F)(F)F)c2)c(=O)n(-c2ccccc2)n1C. The molecule has 3 heterocycles. The Kier molecular flexibility index (Phi) is 5.23. The third-order valence-electron chi connectivity index (χ3n) is 5.36. The van der Waals surface area contributed by atoms with Gasteiger partial charge in [0.05, 0.1) is 16.9 Å². The first kappa shape index (κ1) is 22.1. The number of para-hydroxylation sites is 1. The molecule has 5 rings (SSSR count). The van der Waals surface area contributed by atoms with Gasteiger partial charge in [-0.3, -0.25) is 9.48 Å². The molecule has 5 aromatic rings. The number of nitrogens with one attached hydrogen (secondary N) is 2. The molecule has 0 radical (unpaired) electrons. The Morgan fingerprint density at radius 1 is 0.914 bits per heavy atom. The van der Waals surface area contributed by atoms with Crippen LogP contribution in [0.2, 0.25) is 0 Å². The van der Waals surface area contributed by atoms with Crippen molar-refractivity contribution in [2.45, 2.75) is 13.1 Å². The number of aromatic nitrogens is 6. The topological polar surface area (TPSA) is 116 Å². The second-order valence-corrected chi connectivity index (χ2v) is 7.60. The molecule has 0 amide bonds. The van der Waals surface area contributed by atoms with Crippen molar-refractivity contribution in [3.05, 3.63) is 76.2 Å². The predicted molar refractivity (Wildman–Crippen MR) is 121 cm³/mol. The van der Waals surface area contributed by atoms with Crippen molar-refractivity contribution < 1.29 is 17.8 Å². The van der Waals surface area contributed by atoms with Gasteiger partial charge in [-0.25, -0.2) is 19.3 Å². The van der Waals surface area contributed by atoms with E-state index < -0.39 is 11.7 Å². The molecule has 0 aliphatic heterocycles. The highest BCUT2D eigenvalue weighted by molar-refractivity contribution is 5.79. The van der Waals surface area contributed by atoms with E-state index in [1.807, 2.05) is 18.2 Å². The van der Waals surface area contributed by atoms with Crippen LogP contribution >= 0.6 is 0 Å². The Morgan fingerprint density at radius 2 is 1.57 bits per heavy atom. The summed E-state index contributed by atoms with van der Waals surface area (Å²) in [7, 11) is 1.73. The van der Waals surface area contributed by atoms with Gasteiger partial charge in [0.2, 0.25) is 11.3 Å². The number of fused-ring (bicyclic) bond motifs is 1. The summed E-state index contributed by atoms with van der Waals surface area (Å²) in [4.78, 5) is 21.9.